The Hall–Kier alpha value is -4.12. The number of rotatable bonds is 6. The molecule has 32 heavy (non-hydrogen) atoms. The number of carbonyl (C=O) groups is 1. The van der Waals surface area contributed by atoms with E-state index in [9.17, 15) is 27.6 Å². The van der Waals surface area contributed by atoms with Crippen LogP contribution in [0.5, 0.6) is 5.75 Å². The van der Waals surface area contributed by atoms with E-state index in [1.54, 1.807) is 48.5 Å². The zero-order valence-electron chi connectivity index (χ0n) is 16.5. The molecule has 0 aliphatic heterocycles. The summed E-state index contributed by atoms with van der Waals surface area (Å²) in [6.07, 6.45) is -3.28. The van der Waals surface area contributed by atoms with Gasteiger partial charge in [-0.2, -0.15) is 18.4 Å². The normalized spacial score (nSPS) is 11.5. The average molecular weight is 440 g/mol. The van der Waals surface area contributed by atoms with Crippen LogP contribution in [0.1, 0.15) is 16.7 Å². The maximum Gasteiger partial charge on any atom is 0.416 e. The van der Waals surface area contributed by atoms with E-state index in [0.29, 0.717) is 16.9 Å². The van der Waals surface area contributed by atoms with Crippen LogP contribution < -0.4 is 10.1 Å². The van der Waals surface area contributed by atoms with E-state index in [2.05, 4.69) is 5.32 Å². The lowest BCUT2D eigenvalue weighted by molar-refractivity contribution is -0.137. The molecule has 4 nitrogen and oxygen atoms in total. The molecule has 0 aliphatic carbocycles. The molecule has 3 aromatic rings. The highest BCUT2D eigenvalue weighted by Crippen LogP contribution is 2.30. The zero-order valence-corrected chi connectivity index (χ0v) is 16.5. The zero-order chi connectivity index (χ0) is 23.1. The van der Waals surface area contributed by atoms with Gasteiger partial charge in [-0.25, -0.2) is 4.39 Å². The minimum absolute atomic E-state index is 0.0129. The van der Waals surface area contributed by atoms with E-state index in [0.717, 1.165) is 18.2 Å². The Bertz CT molecular complexity index is 1200. The van der Waals surface area contributed by atoms with Gasteiger partial charge in [0.15, 0.2) is 0 Å². The van der Waals surface area contributed by atoms with Crippen molar-refractivity contribution in [2.45, 2.75) is 12.8 Å². The Morgan fingerprint density at radius 2 is 1.78 bits per heavy atom. The Morgan fingerprint density at radius 1 is 1.03 bits per heavy atom. The first kappa shape index (κ1) is 22.6. The Labute approximate surface area is 181 Å². The fourth-order valence-corrected chi connectivity index (χ4v) is 2.76. The first-order chi connectivity index (χ1) is 15.3. The number of halogens is 4. The molecule has 0 saturated carbocycles. The lowest BCUT2D eigenvalue weighted by Crippen LogP contribution is -2.14. The summed E-state index contributed by atoms with van der Waals surface area (Å²) in [5.41, 5.74) is -0.502. The second-order valence-corrected chi connectivity index (χ2v) is 6.66. The molecule has 1 amide bonds. The van der Waals surface area contributed by atoms with Gasteiger partial charge in [0.25, 0.3) is 5.91 Å². The van der Waals surface area contributed by atoms with Crippen molar-refractivity contribution < 1.29 is 27.1 Å². The van der Waals surface area contributed by atoms with E-state index < -0.39 is 23.5 Å². The van der Waals surface area contributed by atoms with Gasteiger partial charge >= 0.3 is 6.18 Å². The number of carbonyl (C=O) groups excluding carboxylic acids is 1. The summed E-state index contributed by atoms with van der Waals surface area (Å²) in [6.45, 7) is -0.0129. The summed E-state index contributed by atoms with van der Waals surface area (Å²) < 4.78 is 57.8. The van der Waals surface area contributed by atoms with Gasteiger partial charge in [-0.05, 0) is 48.0 Å². The third kappa shape index (κ3) is 5.95. The predicted octanol–water partition coefficient (Wildman–Crippen LogP) is 5.97. The summed E-state index contributed by atoms with van der Waals surface area (Å²) in [7, 11) is 0. The van der Waals surface area contributed by atoms with Crippen molar-refractivity contribution in [1.29, 1.82) is 5.26 Å². The van der Waals surface area contributed by atoms with Crippen LogP contribution in [-0.2, 0) is 17.6 Å². The van der Waals surface area contributed by atoms with Crippen LogP contribution in [0.25, 0.3) is 6.08 Å². The lowest BCUT2D eigenvalue weighted by Gasteiger charge is -2.10. The van der Waals surface area contributed by atoms with Crippen molar-refractivity contribution in [2.75, 3.05) is 5.32 Å². The highest BCUT2D eigenvalue weighted by molar-refractivity contribution is 6.09. The van der Waals surface area contributed by atoms with Gasteiger partial charge < -0.3 is 10.1 Å². The standard InChI is InChI=1S/C24H16F4N2O2/c25-22-10-2-1-6-17(22)15-32-21-9-3-5-16(12-21)11-18(14-29)23(31)30-20-8-4-7-19(13-20)24(26,27)28/h1-13H,15H2,(H,30,31)/b18-11-. The SMILES string of the molecule is N#C/C(=C/c1cccc(OCc2ccccc2F)c1)C(=O)Nc1cccc(C(F)(F)F)c1. The molecule has 0 spiro atoms. The molecule has 0 heterocycles. The first-order valence-electron chi connectivity index (χ1n) is 9.33. The molecule has 0 atom stereocenters. The van der Waals surface area contributed by atoms with Crippen LogP contribution in [0.2, 0.25) is 0 Å². The molecule has 0 aliphatic rings. The molecule has 0 unspecified atom stereocenters. The van der Waals surface area contributed by atoms with Crippen LogP contribution in [0.15, 0.2) is 78.4 Å². The van der Waals surface area contributed by atoms with Crippen molar-refractivity contribution in [3.05, 3.63) is 101 Å². The molecule has 0 radical (unpaired) electrons. The number of anilines is 1. The Morgan fingerprint density at radius 3 is 2.50 bits per heavy atom. The van der Waals surface area contributed by atoms with Crippen LogP contribution in [0.3, 0.4) is 0 Å². The summed E-state index contributed by atoms with van der Waals surface area (Å²) in [5, 5.41) is 11.6. The quantitative estimate of drug-likeness (QED) is 0.292. The predicted molar refractivity (Wildman–Crippen MR) is 111 cm³/mol. The van der Waals surface area contributed by atoms with E-state index in [1.807, 2.05) is 0 Å². The molecule has 3 aromatic carbocycles. The number of hydrogen-bond donors (Lipinski definition) is 1. The highest BCUT2D eigenvalue weighted by Gasteiger charge is 2.30. The number of benzene rings is 3. The highest BCUT2D eigenvalue weighted by atomic mass is 19.4. The van der Waals surface area contributed by atoms with Gasteiger partial charge in [0.05, 0.1) is 5.56 Å². The Balaban J connectivity index is 1.73. The third-order valence-electron chi connectivity index (χ3n) is 4.33. The second kappa shape index (κ2) is 9.79. The summed E-state index contributed by atoms with van der Waals surface area (Å²) >= 11 is 0. The van der Waals surface area contributed by atoms with Gasteiger partial charge in [-0.3, -0.25) is 4.79 Å². The molecule has 0 bridgehead atoms. The third-order valence-corrected chi connectivity index (χ3v) is 4.33. The van der Waals surface area contributed by atoms with Crippen molar-refractivity contribution in [3.63, 3.8) is 0 Å². The number of alkyl halides is 3. The van der Waals surface area contributed by atoms with E-state index >= 15 is 0 Å². The minimum atomic E-state index is -4.56. The molecule has 1 N–H and O–H groups in total. The van der Waals surface area contributed by atoms with E-state index in [-0.39, 0.29) is 17.9 Å². The van der Waals surface area contributed by atoms with E-state index in [4.69, 9.17) is 4.74 Å². The summed E-state index contributed by atoms with van der Waals surface area (Å²) in [6, 6.07) is 18.4. The Kier molecular flexibility index (Phi) is 6.90. The number of nitrogens with zero attached hydrogens (tertiary/aromatic N) is 1. The van der Waals surface area contributed by atoms with Gasteiger partial charge in [0.2, 0.25) is 0 Å². The van der Waals surface area contributed by atoms with Gasteiger partial charge in [-0.15, -0.1) is 0 Å². The molecule has 0 fully saturated rings. The van der Waals surface area contributed by atoms with Crippen LogP contribution in [-0.4, -0.2) is 5.91 Å². The number of ether oxygens (including phenoxy) is 1. The monoisotopic (exact) mass is 440 g/mol. The number of hydrogen-bond acceptors (Lipinski definition) is 3. The molecule has 3 rings (SSSR count). The van der Waals surface area contributed by atoms with Gasteiger partial charge in [0.1, 0.15) is 29.8 Å². The molecule has 8 heteroatoms. The first-order valence-corrected chi connectivity index (χ1v) is 9.33. The van der Waals surface area contributed by atoms with Crippen LogP contribution >= 0.6 is 0 Å². The lowest BCUT2D eigenvalue weighted by atomic mass is 10.1. The largest absolute Gasteiger partial charge is 0.489 e. The summed E-state index contributed by atoms with van der Waals surface area (Å²) in [4.78, 5) is 12.4. The van der Waals surface area contributed by atoms with Crippen molar-refractivity contribution in [1.82, 2.24) is 0 Å². The second-order valence-electron chi connectivity index (χ2n) is 6.66. The fourth-order valence-electron chi connectivity index (χ4n) is 2.76. The van der Waals surface area contributed by atoms with Crippen LogP contribution in [0, 0.1) is 17.1 Å². The average Bonchev–Trinajstić information content (AvgIpc) is 2.77. The maximum atomic E-state index is 13.7. The molecule has 162 valence electrons. The number of amides is 1. The molecule has 0 saturated heterocycles. The van der Waals surface area contributed by atoms with Crippen LogP contribution in [0.4, 0.5) is 23.2 Å². The molecular formula is C24H16F4N2O2. The number of nitrogens with one attached hydrogen (secondary N) is 1. The topological polar surface area (TPSA) is 62.1 Å². The summed E-state index contributed by atoms with van der Waals surface area (Å²) in [5.74, 6) is -0.872. The fraction of sp³-hybridized carbons (Fsp3) is 0.0833. The number of nitriles is 1. The smallest absolute Gasteiger partial charge is 0.416 e. The maximum absolute atomic E-state index is 13.7. The van der Waals surface area contributed by atoms with Crippen molar-refractivity contribution in [2.24, 2.45) is 0 Å². The minimum Gasteiger partial charge on any atom is -0.489 e. The van der Waals surface area contributed by atoms with Gasteiger partial charge in [-0.1, -0.05) is 36.4 Å². The molecular weight excluding hydrogens is 424 g/mol. The molecule has 0 aromatic heterocycles. The van der Waals surface area contributed by atoms with Crippen molar-refractivity contribution >= 4 is 17.7 Å². The van der Waals surface area contributed by atoms with Gasteiger partial charge in [0, 0.05) is 11.3 Å². The van der Waals surface area contributed by atoms with E-state index in [1.165, 1.54) is 18.2 Å². The van der Waals surface area contributed by atoms with Crippen molar-refractivity contribution in [3.8, 4) is 11.8 Å².